The third-order valence-corrected chi connectivity index (χ3v) is 3.39. The molecule has 2 aromatic carbocycles. The van der Waals surface area contributed by atoms with Crippen LogP contribution in [0, 0.1) is 0 Å². The van der Waals surface area contributed by atoms with Crippen molar-refractivity contribution in [3.05, 3.63) is 54.1 Å². The summed E-state index contributed by atoms with van der Waals surface area (Å²) in [4.78, 5) is 11.3. The fourth-order valence-corrected chi connectivity index (χ4v) is 2.29. The number of carbonyl (C=O) groups excluding carboxylic acids is 1. The standard InChI is InChI=1S/C18H21NO2/c1-2-21-18(20)10-6-9-15-11-12-16(13-17(15)19)14-7-4-3-5-8-14/h3-5,7-8,11-13H,2,6,9-10,19H2,1H3. The molecule has 3 heteroatoms. The van der Waals surface area contributed by atoms with Crippen LogP contribution in [0.25, 0.3) is 11.1 Å². The Morgan fingerprint density at radius 2 is 1.86 bits per heavy atom. The van der Waals surface area contributed by atoms with Gasteiger partial charge in [0, 0.05) is 12.1 Å². The van der Waals surface area contributed by atoms with Gasteiger partial charge in [-0.1, -0.05) is 42.5 Å². The maximum absolute atomic E-state index is 11.3. The smallest absolute Gasteiger partial charge is 0.305 e. The number of carbonyl (C=O) groups is 1. The monoisotopic (exact) mass is 283 g/mol. The molecule has 2 rings (SSSR count). The molecule has 2 aromatic rings. The van der Waals surface area contributed by atoms with E-state index >= 15 is 0 Å². The number of nitrogens with two attached hydrogens (primary N) is 1. The van der Waals surface area contributed by atoms with Crippen LogP contribution in [0.3, 0.4) is 0 Å². The van der Waals surface area contributed by atoms with Gasteiger partial charge in [0.2, 0.25) is 0 Å². The average Bonchev–Trinajstić information content (AvgIpc) is 2.50. The molecular formula is C18H21NO2. The first kappa shape index (κ1) is 15.1. The van der Waals surface area contributed by atoms with E-state index in [9.17, 15) is 4.79 Å². The molecule has 3 nitrogen and oxygen atoms in total. The van der Waals surface area contributed by atoms with Gasteiger partial charge in [-0.3, -0.25) is 4.79 Å². The lowest BCUT2D eigenvalue weighted by atomic mass is 10.00. The summed E-state index contributed by atoms with van der Waals surface area (Å²) in [7, 11) is 0. The van der Waals surface area contributed by atoms with Crippen molar-refractivity contribution in [1.82, 2.24) is 0 Å². The van der Waals surface area contributed by atoms with Crippen LogP contribution < -0.4 is 5.73 Å². The quantitative estimate of drug-likeness (QED) is 0.647. The molecule has 0 aromatic heterocycles. The third-order valence-electron chi connectivity index (χ3n) is 3.39. The van der Waals surface area contributed by atoms with Crippen LogP contribution in [0.5, 0.6) is 0 Å². The lowest BCUT2D eigenvalue weighted by molar-refractivity contribution is -0.143. The van der Waals surface area contributed by atoms with Crippen LogP contribution in [0.2, 0.25) is 0 Å². The van der Waals surface area contributed by atoms with Crippen LogP contribution in [0.4, 0.5) is 5.69 Å². The average molecular weight is 283 g/mol. The Bertz CT molecular complexity index is 593. The molecule has 110 valence electrons. The molecule has 0 spiro atoms. The van der Waals surface area contributed by atoms with Crippen molar-refractivity contribution >= 4 is 11.7 Å². The Labute approximate surface area is 125 Å². The highest BCUT2D eigenvalue weighted by Gasteiger charge is 2.05. The van der Waals surface area contributed by atoms with E-state index in [0.29, 0.717) is 13.0 Å². The zero-order valence-corrected chi connectivity index (χ0v) is 12.3. The zero-order valence-electron chi connectivity index (χ0n) is 12.3. The van der Waals surface area contributed by atoms with E-state index in [2.05, 4.69) is 18.2 Å². The molecule has 0 aliphatic heterocycles. The summed E-state index contributed by atoms with van der Waals surface area (Å²) < 4.78 is 4.92. The van der Waals surface area contributed by atoms with Crippen molar-refractivity contribution in [2.24, 2.45) is 0 Å². The van der Waals surface area contributed by atoms with Crippen molar-refractivity contribution in [1.29, 1.82) is 0 Å². The van der Waals surface area contributed by atoms with Gasteiger partial charge in [-0.2, -0.15) is 0 Å². The van der Waals surface area contributed by atoms with E-state index < -0.39 is 0 Å². The van der Waals surface area contributed by atoms with E-state index in [1.807, 2.05) is 37.3 Å². The lowest BCUT2D eigenvalue weighted by Gasteiger charge is -2.09. The van der Waals surface area contributed by atoms with Gasteiger partial charge in [0.25, 0.3) is 0 Å². The molecular weight excluding hydrogens is 262 g/mol. The molecule has 2 N–H and O–H groups in total. The minimum Gasteiger partial charge on any atom is -0.466 e. The molecule has 0 bridgehead atoms. The maximum atomic E-state index is 11.3. The number of ether oxygens (including phenoxy) is 1. The molecule has 0 saturated carbocycles. The van der Waals surface area contributed by atoms with Gasteiger partial charge in [-0.15, -0.1) is 0 Å². The Morgan fingerprint density at radius 1 is 1.10 bits per heavy atom. The number of aryl methyl sites for hydroxylation is 1. The van der Waals surface area contributed by atoms with Gasteiger partial charge in [0.15, 0.2) is 0 Å². The van der Waals surface area contributed by atoms with Gasteiger partial charge in [0.05, 0.1) is 6.61 Å². The second-order valence-corrected chi connectivity index (χ2v) is 4.94. The van der Waals surface area contributed by atoms with Crippen molar-refractivity contribution in [3.63, 3.8) is 0 Å². The Kier molecular flexibility index (Phi) is 5.38. The van der Waals surface area contributed by atoms with Crippen LogP contribution in [0.15, 0.2) is 48.5 Å². The van der Waals surface area contributed by atoms with Crippen LogP contribution in [-0.2, 0) is 16.0 Å². The summed E-state index contributed by atoms with van der Waals surface area (Å²) in [5.41, 5.74) is 10.2. The highest BCUT2D eigenvalue weighted by molar-refractivity contribution is 5.70. The van der Waals surface area contributed by atoms with Crippen LogP contribution >= 0.6 is 0 Å². The van der Waals surface area contributed by atoms with Gasteiger partial charge in [-0.05, 0) is 42.5 Å². The summed E-state index contributed by atoms with van der Waals surface area (Å²) >= 11 is 0. The minimum atomic E-state index is -0.142. The first-order valence-corrected chi connectivity index (χ1v) is 7.30. The van der Waals surface area contributed by atoms with Crippen LogP contribution in [-0.4, -0.2) is 12.6 Å². The highest BCUT2D eigenvalue weighted by atomic mass is 16.5. The van der Waals surface area contributed by atoms with Crippen molar-refractivity contribution < 1.29 is 9.53 Å². The summed E-state index contributed by atoms with van der Waals surface area (Å²) in [5.74, 6) is -0.142. The van der Waals surface area contributed by atoms with Gasteiger partial charge in [-0.25, -0.2) is 0 Å². The molecule has 0 fully saturated rings. The maximum Gasteiger partial charge on any atom is 0.305 e. The third kappa shape index (κ3) is 4.35. The number of esters is 1. The second kappa shape index (κ2) is 7.48. The molecule has 0 atom stereocenters. The van der Waals surface area contributed by atoms with Crippen molar-refractivity contribution in [2.75, 3.05) is 12.3 Å². The van der Waals surface area contributed by atoms with Crippen molar-refractivity contribution in [3.8, 4) is 11.1 Å². The largest absolute Gasteiger partial charge is 0.466 e. The first-order valence-electron chi connectivity index (χ1n) is 7.30. The number of anilines is 1. The molecule has 0 aliphatic rings. The summed E-state index contributed by atoms with van der Waals surface area (Å²) in [6.45, 7) is 2.25. The molecule has 0 amide bonds. The molecule has 0 saturated heterocycles. The van der Waals surface area contributed by atoms with Gasteiger partial charge < -0.3 is 10.5 Å². The normalized spacial score (nSPS) is 10.3. The Morgan fingerprint density at radius 3 is 2.52 bits per heavy atom. The molecule has 0 radical (unpaired) electrons. The fourth-order valence-electron chi connectivity index (χ4n) is 2.29. The molecule has 0 aliphatic carbocycles. The number of hydrogen-bond acceptors (Lipinski definition) is 3. The fraction of sp³-hybridized carbons (Fsp3) is 0.278. The lowest BCUT2D eigenvalue weighted by Crippen LogP contribution is -2.04. The zero-order chi connectivity index (χ0) is 15.1. The van der Waals surface area contributed by atoms with Crippen LogP contribution in [0.1, 0.15) is 25.3 Å². The number of rotatable bonds is 6. The van der Waals surface area contributed by atoms with E-state index in [1.165, 1.54) is 0 Å². The van der Waals surface area contributed by atoms with Crippen molar-refractivity contribution in [2.45, 2.75) is 26.2 Å². The SMILES string of the molecule is CCOC(=O)CCCc1ccc(-c2ccccc2)cc1N. The Hall–Kier alpha value is -2.29. The molecule has 21 heavy (non-hydrogen) atoms. The molecule has 0 heterocycles. The van der Waals surface area contributed by atoms with Gasteiger partial charge >= 0.3 is 5.97 Å². The molecule has 0 unspecified atom stereocenters. The summed E-state index contributed by atoms with van der Waals surface area (Å²) in [6.07, 6.45) is 1.99. The van der Waals surface area contributed by atoms with Gasteiger partial charge in [0.1, 0.15) is 0 Å². The number of nitrogen functional groups attached to an aromatic ring is 1. The topological polar surface area (TPSA) is 52.3 Å². The number of benzene rings is 2. The predicted octanol–water partition coefficient (Wildman–Crippen LogP) is 3.82. The highest BCUT2D eigenvalue weighted by Crippen LogP contribution is 2.24. The van der Waals surface area contributed by atoms with E-state index in [0.717, 1.165) is 35.2 Å². The number of hydrogen-bond donors (Lipinski definition) is 1. The first-order chi connectivity index (χ1) is 10.2. The van der Waals surface area contributed by atoms with E-state index in [4.69, 9.17) is 10.5 Å². The van der Waals surface area contributed by atoms with E-state index in [-0.39, 0.29) is 5.97 Å². The van der Waals surface area contributed by atoms with E-state index in [1.54, 1.807) is 0 Å². The summed E-state index contributed by atoms with van der Waals surface area (Å²) in [5, 5.41) is 0. The Balaban J connectivity index is 1.98. The predicted molar refractivity (Wildman–Crippen MR) is 85.9 cm³/mol. The second-order valence-electron chi connectivity index (χ2n) is 4.94. The summed E-state index contributed by atoms with van der Waals surface area (Å²) in [6, 6.07) is 16.3. The minimum absolute atomic E-state index is 0.142.